The van der Waals surface area contributed by atoms with E-state index in [0.29, 0.717) is 27.8 Å². The Balaban J connectivity index is 2.00. The van der Waals surface area contributed by atoms with E-state index in [1.807, 2.05) is 6.92 Å². The van der Waals surface area contributed by atoms with Crippen molar-refractivity contribution in [3.05, 3.63) is 51.8 Å². The largest absolute Gasteiger partial charge is 0.497 e. The molecule has 0 saturated heterocycles. The van der Waals surface area contributed by atoms with Crippen molar-refractivity contribution >= 4 is 34.8 Å². The molecule has 1 atom stereocenters. The fraction of sp³-hybridized carbons (Fsp3) is 0.278. The van der Waals surface area contributed by atoms with Crippen molar-refractivity contribution in [1.29, 1.82) is 0 Å². The van der Waals surface area contributed by atoms with Crippen molar-refractivity contribution in [2.75, 3.05) is 26.1 Å². The summed E-state index contributed by atoms with van der Waals surface area (Å²) in [6, 6.07) is 7.53. The Kier molecular flexibility index (Phi) is 7.08. The van der Waals surface area contributed by atoms with Crippen LogP contribution in [-0.4, -0.2) is 26.7 Å². The van der Waals surface area contributed by atoms with Crippen LogP contribution in [0.5, 0.6) is 11.5 Å². The van der Waals surface area contributed by atoms with Gasteiger partial charge < -0.3 is 20.1 Å². The summed E-state index contributed by atoms with van der Waals surface area (Å²) < 4.78 is 24.0. The molecule has 26 heavy (non-hydrogen) atoms. The highest BCUT2D eigenvalue weighted by Gasteiger charge is 2.18. The zero-order valence-corrected chi connectivity index (χ0v) is 16.1. The second-order valence-corrected chi connectivity index (χ2v) is 6.45. The lowest BCUT2D eigenvalue weighted by Crippen LogP contribution is -2.86. The molecule has 1 amide bonds. The maximum Gasteiger partial charge on any atom is 0.279 e. The van der Waals surface area contributed by atoms with Gasteiger partial charge in [0.2, 0.25) is 0 Å². The SMILES string of the molecule is COc1ccc(NC(=O)C[NH2+][C@H](C)c2cc(F)c(Cl)cc2Cl)c(OC)c1. The Hall–Kier alpha value is -2.02. The predicted octanol–water partition coefficient (Wildman–Crippen LogP) is 3.41. The summed E-state index contributed by atoms with van der Waals surface area (Å²) >= 11 is 11.8. The number of halogens is 3. The van der Waals surface area contributed by atoms with Crippen LogP contribution in [0.25, 0.3) is 0 Å². The zero-order valence-electron chi connectivity index (χ0n) is 14.6. The lowest BCUT2D eigenvalue weighted by molar-refractivity contribution is -0.682. The van der Waals surface area contributed by atoms with Gasteiger partial charge in [0, 0.05) is 11.6 Å². The van der Waals surface area contributed by atoms with E-state index in [1.54, 1.807) is 30.6 Å². The number of carbonyl (C=O) groups is 1. The number of amides is 1. The molecule has 0 bridgehead atoms. The van der Waals surface area contributed by atoms with Crippen molar-refractivity contribution < 1.29 is 24.0 Å². The number of methoxy groups -OCH3 is 2. The Bertz CT molecular complexity index is 802. The van der Waals surface area contributed by atoms with Crippen molar-refractivity contribution in [2.24, 2.45) is 0 Å². The third kappa shape index (κ3) is 5.00. The smallest absolute Gasteiger partial charge is 0.279 e. The van der Waals surface area contributed by atoms with Gasteiger partial charge in [-0.3, -0.25) is 4.79 Å². The predicted molar refractivity (Wildman–Crippen MR) is 99.8 cm³/mol. The van der Waals surface area contributed by atoms with Crippen LogP contribution in [0, 0.1) is 5.82 Å². The number of hydrogen-bond acceptors (Lipinski definition) is 3. The molecule has 0 heterocycles. The van der Waals surface area contributed by atoms with E-state index in [0.717, 1.165) is 0 Å². The van der Waals surface area contributed by atoms with Gasteiger partial charge in [-0.25, -0.2) is 4.39 Å². The molecule has 0 unspecified atom stereocenters. The van der Waals surface area contributed by atoms with Crippen LogP contribution in [0.3, 0.4) is 0 Å². The molecule has 0 spiro atoms. The number of hydrogen-bond donors (Lipinski definition) is 2. The molecule has 0 aliphatic rings. The first-order chi connectivity index (χ1) is 12.3. The number of rotatable bonds is 7. The van der Waals surface area contributed by atoms with Gasteiger partial charge in [0.05, 0.1) is 30.0 Å². The Morgan fingerprint density at radius 1 is 1.19 bits per heavy atom. The summed E-state index contributed by atoms with van der Waals surface area (Å²) in [5, 5.41) is 4.85. The summed E-state index contributed by atoms with van der Waals surface area (Å²) in [5.74, 6) is 0.345. The van der Waals surface area contributed by atoms with Gasteiger partial charge in [-0.1, -0.05) is 23.2 Å². The van der Waals surface area contributed by atoms with Gasteiger partial charge in [-0.05, 0) is 31.2 Å². The Morgan fingerprint density at radius 2 is 1.92 bits per heavy atom. The molecule has 0 radical (unpaired) electrons. The number of benzene rings is 2. The lowest BCUT2D eigenvalue weighted by Gasteiger charge is -2.14. The Morgan fingerprint density at radius 3 is 2.58 bits per heavy atom. The number of anilines is 1. The third-order valence-corrected chi connectivity index (χ3v) is 4.49. The minimum Gasteiger partial charge on any atom is -0.497 e. The van der Waals surface area contributed by atoms with Crippen molar-refractivity contribution in [3.8, 4) is 11.5 Å². The van der Waals surface area contributed by atoms with E-state index in [9.17, 15) is 9.18 Å². The van der Waals surface area contributed by atoms with Crippen LogP contribution in [0.1, 0.15) is 18.5 Å². The average Bonchev–Trinajstić information content (AvgIpc) is 2.63. The van der Waals surface area contributed by atoms with Crippen LogP contribution >= 0.6 is 23.2 Å². The molecular formula is C18H20Cl2FN2O3+. The Labute approximate surface area is 161 Å². The zero-order chi connectivity index (χ0) is 19.3. The number of ether oxygens (including phenoxy) is 2. The van der Waals surface area contributed by atoms with Gasteiger partial charge in [-0.15, -0.1) is 0 Å². The van der Waals surface area contributed by atoms with Gasteiger partial charge in [0.15, 0.2) is 6.54 Å². The van der Waals surface area contributed by atoms with Crippen molar-refractivity contribution in [1.82, 2.24) is 0 Å². The van der Waals surface area contributed by atoms with E-state index >= 15 is 0 Å². The molecule has 0 saturated carbocycles. The molecular weight excluding hydrogens is 382 g/mol. The molecule has 0 aliphatic carbocycles. The van der Waals surface area contributed by atoms with E-state index in [4.69, 9.17) is 32.7 Å². The van der Waals surface area contributed by atoms with E-state index in [2.05, 4.69) is 5.32 Å². The number of nitrogens with two attached hydrogens (primary N) is 1. The molecule has 5 nitrogen and oxygen atoms in total. The van der Waals surface area contributed by atoms with Crippen molar-refractivity contribution in [3.63, 3.8) is 0 Å². The summed E-state index contributed by atoms with van der Waals surface area (Å²) in [6.45, 7) is 1.95. The molecule has 2 rings (SSSR count). The molecule has 8 heteroatoms. The number of nitrogens with one attached hydrogen (secondary N) is 1. The van der Waals surface area contributed by atoms with Crippen LogP contribution in [-0.2, 0) is 4.79 Å². The molecule has 2 aromatic carbocycles. The first-order valence-electron chi connectivity index (χ1n) is 7.85. The van der Waals surface area contributed by atoms with Crippen LogP contribution in [0.4, 0.5) is 10.1 Å². The fourth-order valence-corrected chi connectivity index (χ4v) is 2.96. The molecule has 3 N–H and O–H groups in total. The summed E-state index contributed by atoms with van der Waals surface area (Å²) in [6.07, 6.45) is 0. The normalized spacial score (nSPS) is 11.8. The van der Waals surface area contributed by atoms with Crippen molar-refractivity contribution in [2.45, 2.75) is 13.0 Å². The average molecular weight is 402 g/mol. The highest BCUT2D eigenvalue weighted by Crippen LogP contribution is 2.29. The maximum absolute atomic E-state index is 13.6. The molecule has 0 aromatic heterocycles. The lowest BCUT2D eigenvalue weighted by atomic mass is 10.1. The first-order valence-corrected chi connectivity index (χ1v) is 8.61. The minimum atomic E-state index is -0.543. The standard InChI is InChI=1S/C18H19Cl2FN2O3/c1-10(12-7-15(21)14(20)8-13(12)19)22-9-18(24)23-16-5-4-11(25-2)6-17(16)26-3/h4-8,10,22H,9H2,1-3H3,(H,23,24)/p+1/t10-/m1/s1. The molecule has 0 aliphatic heterocycles. The quantitative estimate of drug-likeness (QED) is 0.698. The monoisotopic (exact) mass is 401 g/mol. The van der Waals surface area contributed by atoms with Crippen LogP contribution in [0.15, 0.2) is 30.3 Å². The number of carbonyl (C=O) groups excluding carboxylic acids is 1. The van der Waals surface area contributed by atoms with Gasteiger partial charge in [0.25, 0.3) is 5.91 Å². The van der Waals surface area contributed by atoms with Gasteiger partial charge in [-0.2, -0.15) is 0 Å². The minimum absolute atomic E-state index is 0.0321. The van der Waals surface area contributed by atoms with Crippen LogP contribution < -0.4 is 20.1 Å². The highest BCUT2D eigenvalue weighted by molar-refractivity contribution is 6.35. The topological polar surface area (TPSA) is 64.2 Å². The fourth-order valence-electron chi connectivity index (χ4n) is 2.40. The molecule has 2 aromatic rings. The van der Waals surface area contributed by atoms with Gasteiger partial charge in [0.1, 0.15) is 23.4 Å². The second kappa shape index (κ2) is 9.07. The maximum atomic E-state index is 13.6. The van der Waals surface area contributed by atoms with E-state index in [1.165, 1.54) is 19.2 Å². The summed E-state index contributed by atoms with van der Waals surface area (Å²) in [4.78, 5) is 12.2. The summed E-state index contributed by atoms with van der Waals surface area (Å²) in [7, 11) is 3.06. The van der Waals surface area contributed by atoms with E-state index in [-0.39, 0.29) is 23.5 Å². The third-order valence-electron chi connectivity index (χ3n) is 3.87. The second-order valence-electron chi connectivity index (χ2n) is 5.63. The molecule has 140 valence electrons. The van der Waals surface area contributed by atoms with E-state index < -0.39 is 5.82 Å². The highest BCUT2D eigenvalue weighted by atomic mass is 35.5. The molecule has 0 fully saturated rings. The summed E-state index contributed by atoms with van der Waals surface area (Å²) in [5.41, 5.74) is 1.11. The van der Waals surface area contributed by atoms with Gasteiger partial charge >= 0.3 is 0 Å². The van der Waals surface area contributed by atoms with Crippen LogP contribution in [0.2, 0.25) is 10.0 Å². The first kappa shape index (κ1) is 20.3. The number of quaternary nitrogens is 1.